The fraction of sp³-hybridized carbons (Fsp3) is 0. The van der Waals surface area contributed by atoms with E-state index in [9.17, 15) is 0 Å². The van der Waals surface area contributed by atoms with Gasteiger partial charge in [-0.3, -0.25) is 4.98 Å². The largest absolute Gasteiger partial charge is 0.409 e. The summed E-state index contributed by atoms with van der Waals surface area (Å²) < 4.78 is 0.990. The van der Waals surface area contributed by atoms with E-state index in [-0.39, 0.29) is 5.84 Å². The monoisotopic (exact) mass is 323 g/mol. The fourth-order valence-corrected chi connectivity index (χ4v) is 2.84. The summed E-state index contributed by atoms with van der Waals surface area (Å²) in [7, 11) is 0. The average molecular weight is 324 g/mol. The highest BCUT2D eigenvalue weighted by Gasteiger charge is 2.10. The lowest BCUT2D eigenvalue weighted by molar-refractivity contribution is 0.318. The molecule has 1 aromatic heterocycles. The lowest BCUT2D eigenvalue weighted by Gasteiger charge is -2.07. The molecule has 0 atom stereocenters. The first-order valence-corrected chi connectivity index (χ1v) is 6.68. The third-order valence-electron chi connectivity index (χ3n) is 2.18. The van der Waals surface area contributed by atoms with Gasteiger partial charge in [-0.15, -0.1) is 0 Å². The third kappa shape index (κ3) is 2.83. The van der Waals surface area contributed by atoms with Gasteiger partial charge in [-0.1, -0.05) is 29.1 Å². The van der Waals surface area contributed by atoms with Crippen LogP contribution in [0.2, 0.25) is 0 Å². The lowest BCUT2D eigenvalue weighted by Crippen LogP contribution is -2.15. The second-order valence-electron chi connectivity index (χ2n) is 3.37. The second kappa shape index (κ2) is 5.88. The minimum Gasteiger partial charge on any atom is -0.409 e. The molecule has 0 unspecified atom stereocenters. The molecule has 0 amide bonds. The number of oxime groups is 1. The maximum Gasteiger partial charge on any atom is 0.189 e. The number of amidine groups is 1. The van der Waals surface area contributed by atoms with Crippen LogP contribution in [0, 0.1) is 0 Å². The summed E-state index contributed by atoms with van der Waals surface area (Å²) in [5.74, 6) is 0.00477. The van der Waals surface area contributed by atoms with Gasteiger partial charge < -0.3 is 10.9 Å². The quantitative estimate of drug-likeness (QED) is 0.394. The second-order valence-corrected chi connectivity index (χ2v) is 5.31. The molecule has 92 valence electrons. The van der Waals surface area contributed by atoms with E-state index in [4.69, 9.17) is 10.9 Å². The molecule has 2 aromatic rings. The van der Waals surface area contributed by atoms with Crippen molar-refractivity contribution in [3.8, 4) is 0 Å². The summed E-state index contributed by atoms with van der Waals surface area (Å²) in [5.41, 5.74) is 6.07. The number of aromatic nitrogens is 1. The highest BCUT2D eigenvalue weighted by molar-refractivity contribution is 9.10. The summed E-state index contributed by atoms with van der Waals surface area (Å²) in [4.78, 5) is 6.00. The van der Waals surface area contributed by atoms with Gasteiger partial charge in [-0.25, -0.2) is 0 Å². The first kappa shape index (κ1) is 12.9. The minimum absolute atomic E-state index is 0.00477. The van der Waals surface area contributed by atoms with E-state index in [0.717, 1.165) is 14.3 Å². The molecule has 3 N–H and O–H groups in total. The van der Waals surface area contributed by atoms with E-state index in [2.05, 4.69) is 26.1 Å². The topological polar surface area (TPSA) is 71.5 Å². The molecule has 6 heteroatoms. The smallest absolute Gasteiger partial charge is 0.189 e. The normalized spacial score (nSPS) is 11.5. The SMILES string of the molecule is N/C(=N/O)c1ncccc1Sc1ccccc1Br. The Morgan fingerprint density at radius 1 is 1.22 bits per heavy atom. The van der Waals surface area contributed by atoms with E-state index < -0.39 is 0 Å². The summed E-state index contributed by atoms with van der Waals surface area (Å²) in [5, 5.41) is 11.7. The molecular weight excluding hydrogens is 314 g/mol. The van der Waals surface area contributed by atoms with Crippen LogP contribution in [0.4, 0.5) is 0 Å². The Labute approximate surface area is 117 Å². The van der Waals surface area contributed by atoms with Gasteiger partial charge >= 0.3 is 0 Å². The number of halogens is 1. The number of nitrogens with zero attached hydrogens (tertiary/aromatic N) is 2. The van der Waals surface area contributed by atoms with Gasteiger partial charge in [0.2, 0.25) is 0 Å². The maximum absolute atomic E-state index is 8.74. The van der Waals surface area contributed by atoms with Crippen molar-refractivity contribution in [2.45, 2.75) is 9.79 Å². The molecule has 0 spiro atoms. The number of hydrogen-bond acceptors (Lipinski definition) is 4. The molecule has 0 radical (unpaired) electrons. The predicted molar refractivity (Wildman–Crippen MR) is 75.0 cm³/mol. The Morgan fingerprint density at radius 3 is 2.67 bits per heavy atom. The van der Waals surface area contributed by atoms with Crippen molar-refractivity contribution < 1.29 is 5.21 Å². The zero-order valence-corrected chi connectivity index (χ0v) is 11.6. The summed E-state index contributed by atoms with van der Waals surface area (Å²) in [6.07, 6.45) is 1.61. The Bertz CT molecular complexity index is 589. The van der Waals surface area contributed by atoms with Crippen LogP contribution in [-0.4, -0.2) is 16.0 Å². The van der Waals surface area contributed by atoms with Crippen LogP contribution in [-0.2, 0) is 0 Å². The molecule has 18 heavy (non-hydrogen) atoms. The van der Waals surface area contributed by atoms with Gasteiger partial charge in [0.1, 0.15) is 5.69 Å². The van der Waals surface area contributed by atoms with Gasteiger partial charge in [0, 0.05) is 20.5 Å². The first-order valence-electron chi connectivity index (χ1n) is 5.07. The van der Waals surface area contributed by atoms with Gasteiger partial charge in [0.25, 0.3) is 0 Å². The molecule has 0 aliphatic rings. The maximum atomic E-state index is 8.74. The summed E-state index contributed by atoms with van der Waals surface area (Å²) >= 11 is 4.98. The number of pyridine rings is 1. The average Bonchev–Trinajstić information content (AvgIpc) is 2.41. The van der Waals surface area contributed by atoms with Crippen molar-refractivity contribution in [1.82, 2.24) is 4.98 Å². The molecule has 0 saturated heterocycles. The molecule has 4 nitrogen and oxygen atoms in total. The highest BCUT2D eigenvalue weighted by atomic mass is 79.9. The number of hydrogen-bond donors (Lipinski definition) is 2. The summed E-state index contributed by atoms with van der Waals surface area (Å²) in [6.45, 7) is 0. The van der Waals surface area contributed by atoms with Crippen molar-refractivity contribution in [2.75, 3.05) is 0 Å². The lowest BCUT2D eigenvalue weighted by atomic mass is 10.3. The van der Waals surface area contributed by atoms with Crippen LogP contribution in [0.5, 0.6) is 0 Å². The fourth-order valence-electron chi connectivity index (χ4n) is 1.36. The van der Waals surface area contributed by atoms with Crippen LogP contribution in [0.15, 0.2) is 62.0 Å². The zero-order chi connectivity index (χ0) is 13.0. The minimum atomic E-state index is 0.00477. The molecule has 0 aliphatic carbocycles. The van der Waals surface area contributed by atoms with Crippen LogP contribution in [0.25, 0.3) is 0 Å². The molecule has 0 bridgehead atoms. The van der Waals surface area contributed by atoms with Gasteiger partial charge in [-0.05, 0) is 40.2 Å². The molecule has 1 aromatic carbocycles. The van der Waals surface area contributed by atoms with E-state index in [0.29, 0.717) is 5.69 Å². The number of benzene rings is 1. The number of nitrogens with two attached hydrogens (primary N) is 1. The predicted octanol–water partition coefficient (Wildman–Crippen LogP) is 3.09. The Hall–Kier alpha value is -1.53. The molecule has 0 saturated carbocycles. The molecule has 0 aliphatic heterocycles. The molecular formula is C12H10BrN3OS. The zero-order valence-electron chi connectivity index (χ0n) is 9.25. The van der Waals surface area contributed by atoms with Crippen LogP contribution in [0.1, 0.15) is 5.69 Å². The Balaban J connectivity index is 2.38. The van der Waals surface area contributed by atoms with E-state index >= 15 is 0 Å². The summed E-state index contributed by atoms with van der Waals surface area (Å²) in [6, 6.07) is 11.5. The van der Waals surface area contributed by atoms with E-state index in [1.165, 1.54) is 11.8 Å². The van der Waals surface area contributed by atoms with Crippen LogP contribution >= 0.6 is 27.7 Å². The standard InChI is InChI=1S/C12H10BrN3OS/c13-8-4-1-2-5-9(8)18-10-6-3-7-15-11(10)12(14)16-17/h1-7,17H,(H2,14,16). The Morgan fingerprint density at radius 2 is 1.94 bits per heavy atom. The van der Waals surface area contributed by atoms with Crippen molar-refractivity contribution in [3.05, 3.63) is 52.8 Å². The van der Waals surface area contributed by atoms with Crippen molar-refractivity contribution in [1.29, 1.82) is 0 Å². The van der Waals surface area contributed by atoms with E-state index in [1.807, 2.05) is 36.4 Å². The van der Waals surface area contributed by atoms with Crippen molar-refractivity contribution in [3.63, 3.8) is 0 Å². The molecule has 2 rings (SSSR count). The van der Waals surface area contributed by atoms with Crippen molar-refractivity contribution >= 4 is 33.5 Å². The first-order chi connectivity index (χ1) is 8.72. The number of rotatable bonds is 3. The van der Waals surface area contributed by atoms with E-state index in [1.54, 1.807) is 6.20 Å². The van der Waals surface area contributed by atoms with Crippen molar-refractivity contribution in [2.24, 2.45) is 10.9 Å². The van der Waals surface area contributed by atoms with Gasteiger partial charge in [0.05, 0.1) is 0 Å². The van der Waals surface area contributed by atoms with Gasteiger partial charge in [-0.2, -0.15) is 0 Å². The molecule has 1 heterocycles. The van der Waals surface area contributed by atoms with Crippen LogP contribution in [0.3, 0.4) is 0 Å². The molecule has 0 fully saturated rings. The third-order valence-corrected chi connectivity index (χ3v) is 4.26. The Kier molecular flexibility index (Phi) is 4.22. The highest BCUT2D eigenvalue weighted by Crippen LogP contribution is 2.34. The van der Waals surface area contributed by atoms with Gasteiger partial charge in [0.15, 0.2) is 5.84 Å². The van der Waals surface area contributed by atoms with Crippen LogP contribution < -0.4 is 5.73 Å².